The molecule has 0 amide bonds. The molecular formula is C28H24N8. The number of aromatic nitrogens is 7. The number of hydrogen-bond donors (Lipinski definition) is 2. The van der Waals surface area contributed by atoms with Gasteiger partial charge >= 0.3 is 0 Å². The Bertz CT molecular complexity index is 1680. The highest BCUT2D eigenvalue weighted by Gasteiger charge is 2.17. The Kier molecular flexibility index (Phi) is 5.03. The van der Waals surface area contributed by atoms with Crippen molar-refractivity contribution in [2.45, 2.75) is 19.4 Å². The Hall–Kier alpha value is -4.43. The van der Waals surface area contributed by atoms with Crippen molar-refractivity contribution in [2.75, 3.05) is 13.1 Å². The number of likely N-dealkylation sites (tertiary alicyclic amines) is 1. The SMILES string of the molecule is c1cc(-c2ccncc2)c2nc(-c3n[nH]c4cnc(-c5cncc(CN6CCCC6)c5)cc34)[nH]c2c1. The molecule has 1 aliphatic rings. The Morgan fingerprint density at radius 2 is 1.75 bits per heavy atom. The van der Waals surface area contributed by atoms with Gasteiger partial charge in [0.15, 0.2) is 5.82 Å². The lowest BCUT2D eigenvalue weighted by molar-refractivity contribution is 0.331. The van der Waals surface area contributed by atoms with Crippen LogP contribution in [0, 0.1) is 0 Å². The lowest BCUT2D eigenvalue weighted by atomic mass is 10.1. The van der Waals surface area contributed by atoms with Crippen LogP contribution in [0.3, 0.4) is 0 Å². The summed E-state index contributed by atoms with van der Waals surface area (Å²) in [6, 6.07) is 14.4. The van der Waals surface area contributed by atoms with E-state index in [4.69, 9.17) is 9.97 Å². The van der Waals surface area contributed by atoms with E-state index >= 15 is 0 Å². The Morgan fingerprint density at radius 1 is 0.861 bits per heavy atom. The fourth-order valence-electron chi connectivity index (χ4n) is 5.08. The van der Waals surface area contributed by atoms with Crippen molar-refractivity contribution in [3.05, 3.63) is 79.0 Å². The summed E-state index contributed by atoms with van der Waals surface area (Å²) in [7, 11) is 0. The van der Waals surface area contributed by atoms with Gasteiger partial charge in [-0.2, -0.15) is 5.10 Å². The van der Waals surface area contributed by atoms with Gasteiger partial charge < -0.3 is 4.98 Å². The standard InChI is InChI=1S/C28H24N8/c1-2-11-36(10-1)17-18-12-20(15-30-14-18)24-13-22-25(16-31-24)34-35-27(22)28-32-23-5-3-4-21(26(23)33-28)19-6-8-29-9-7-19/h3-9,12-16H,1-2,10-11,17H2,(H,32,33)(H,34,35). The van der Waals surface area contributed by atoms with Crippen molar-refractivity contribution in [2.24, 2.45) is 0 Å². The first-order valence-corrected chi connectivity index (χ1v) is 12.2. The average molecular weight is 473 g/mol. The highest BCUT2D eigenvalue weighted by molar-refractivity contribution is 5.97. The molecule has 1 saturated heterocycles. The number of aromatic amines is 2. The number of H-pyrrole nitrogens is 2. The van der Waals surface area contributed by atoms with E-state index < -0.39 is 0 Å². The monoisotopic (exact) mass is 472 g/mol. The van der Waals surface area contributed by atoms with Gasteiger partial charge in [0.1, 0.15) is 5.69 Å². The van der Waals surface area contributed by atoms with E-state index in [2.05, 4.69) is 48.2 Å². The summed E-state index contributed by atoms with van der Waals surface area (Å²) in [5, 5.41) is 8.67. The van der Waals surface area contributed by atoms with E-state index in [1.165, 1.54) is 18.4 Å². The molecular weight excluding hydrogens is 448 g/mol. The van der Waals surface area contributed by atoms with Crippen LogP contribution >= 0.6 is 0 Å². The predicted molar refractivity (Wildman–Crippen MR) is 140 cm³/mol. The highest BCUT2D eigenvalue weighted by Crippen LogP contribution is 2.32. The summed E-state index contributed by atoms with van der Waals surface area (Å²) in [6.07, 6.45) is 11.8. The van der Waals surface area contributed by atoms with Gasteiger partial charge in [-0.15, -0.1) is 0 Å². The molecule has 5 aromatic heterocycles. The highest BCUT2D eigenvalue weighted by atomic mass is 15.1. The number of fused-ring (bicyclic) bond motifs is 2. The first-order valence-electron chi connectivity index (χ1n) is 12.2. The third-order valence-corrected chi connectivity index (χ3v) is 6.87. The quantitative estimate of drug-likeness (QED) is 0.357. The van der Waals surface area contributed by atoms with E-state index in [-0.39, 0.29) is 0 Å². The number of rotatable bonds is 5. The Labute approximate surface area is 207 Å². The zero-order valence-corrected chi connectivity index (χ0v) is 19.6. The minimum absolute atomic E-state index is 0.718. The summed E-state index contributed by atoms with van der Waals surface area (Å²) in [6.45, 7) is 3.25. The van der Waals surface area contributed by atoms with Crippen LogP contribution in [0.15, 0.2) is 73.4 Å². The number of pyridine rings is 3. The van der Waals surface area contributed by atoms with Gasteiger partial charge in [0.2, 0.25) is 0 Å². The summed E-state index contributed by atoms with van der Waals surface area (Å²) >= 11 is 0. The molecule has 0 bridgehead atoms. The molecule has 0 saturated carbocycles. The van der Waals surface area contributed by atoms with E-state index in [9.17, 15) is 0 Å². The minimum atomic E-state index is 0.718. The maximum atomic E-state index is 4.96. The number of nitrogens with zero attached hydrogens (tertiary/aromatic N) is 6. The van der Waals surface area contributed by atoms with Crippen molar-refractivity contribution in [3.8, 4) is 33.9 Å². The van der Waals surface area contributed by atoms with Crippen LogP contribution in [0.1, 0.15) is 18.4 Å². The molecule has 8 heteroatoms. The average Bonchev–Trinajstić information content (AvgIpc) is 3.68. The van der Waals surface area contributed by atoms with E-state index in [1.807, 2.05) is 42.9 Å². The third-order valence-electron chi connectivity index (χ3n) is 6.87. The van der Waals surface area contributed by atoms with Gasteiger partial charge in [0.05, 0.1) is 28.4 Å². The largest absolute Gasteiger partial charge is 0.337 e. The van der Waals surface area contributed by atoms with Crippen LogP contribution < -0.4 is 0 Å². The zero-order chi connectivity index (χ0) is 23.9. The van der Waals surface area contributed by atoms with Gasteiger partial charge in [-0.3, -0.25) is 25.0 Å². The topological polar surface area (TPSA) is 99.3 Å². The smallest absolute Gasteiger partial charge is 0.159 e. The number of nitrogens with one attached hydrogen (secondary N) is 2. The molecule has 1 aliphatic heterocycles. The molecule has 6 aromatic rings. The van der Waals surface area contributed by atoms with Gasteiger partial charge in [0.25, 0.3) is 0 Å². The predicted octanol–water partition coefficient (Wildman–Crippen LogP) is 5.22. The van der Waals surface area contributed by atoms with Crippen LogP contribution in [0.2, 0.25) is 0 Å². The van der Waals surface area contributed by atoms with Crippen molar-refractivity contribution in [1.82, 2.24) is 40.0 Å². The molecule has 176 valence electrons. The molecule has 2 N–H and O–H groups in total. The lowest BCUT2D eigenvalue weighted by Gasteiger charge is -2.14. The first kappa shape index (κ1) is 20.9. The number of imidazole rings is 1. The normalized spacial score (nSPS) is 14.2. The van der Waals surface area contributed by atoms with Gasteiger partial charge in [0, 0.05) is 47.8 Å². The zero-order valence-electron chi connectivity index (χ0n) is 19.6. The second-order valence-electron chi connectivity index (χ2n) is 9.28. The molecule has 36 heavy (non-hydrogen) atoms. The number of benzene rings is 1. The van der Waals surface area contributed by atoms with Gasteiger partial charge in [-0.25, -0.2) is 4.98 Å². The van der Waals surface area contributed by atoms with Crippen LogP contribution in [-0.2, 0) is 6.54 Å². The number of hydrogen-bond acceptors (Lipinski definition) is 6. The van der Waals surface area contributed by atoms with E-state index in [0.717, 1.165) is 75.5 Å². The molecule has 0 radical (unpaired) electrons. The lowest BCUT2D eigenvalue weighted by Crippen LogP contribution is -2.18. The van der Waals surface area contributed by atoms with E-state index in [0.29, 0.717) is 0 Å². The fourth-order valence-corrected chi connectivity index (χ4v) is 5.08. The Morgan fingerprint density at radius 3 is 2.64 bits per heavy atom. The molecule has 0 spiro atoms. The summed E-state index contributed by atoms with van der Waals surface area (Å²) in [5.74, 6) is 0.718. The second kappa shape index (κ2) is 8.66. The summed E-state index contributed by atoms with van der Waals surface area (Å²) in [5.41, 5.74) is 8.72. The molecule has 1 aromatic carbocycles. The molecule has 8 nitrogen and oxygen atoms in total. The molecule has 0 unspecified atom stereocenters. The fraction of sp³-hybridized carbons (Fsp3) is 0.179. The van der Waals surface area contributed by atoms with Crippen LogP contribution in [0.25, 0.3) is 55.8 Å². The van der Waals surface area contributed by atoms with Gasteiger partial charge in [-0.05, 0) is 67.4 Å². The maximum Gasteiger partial charge on any atom is 0.159 e. The van der Waals surface area contributed by atoms with Crippen LogP contribution in [0.5, 0.6) is 0 Å². The molecule has 6 heterocycles. The number of para-hydroxylation sites is 1. The van der Waals surface area contributed by atoms with Crippen LogP contribution in [-0.4, -0.2) is 53.1 Å². The summed E-state index contributed by atoms with van der Waals surface area (Å²) < 4.78 is 0. The summed E-state index contributed by atoms with van der Waals surface area (Å²) in [4.78, 5) is 24.2. The molecule has 0 atom stereocenters. The van der Waals surface area contributed by atoms with Crippen molar-refractivity contribution >= 4 is 21.9 Å². The van der Waals surface area contributed by atoms with Crippen LogP contribution in [0.4, 0.5) is 0 Å². The van der Waals surface area contributed by atoms with Crippen molar-refractivity contribution in [3.63, 3.8) is 0 Å². The maximum absolute atomic E-state index is 4.96. The van der Waals surface area contributed by atoms with Gasteiger partial charge in [-0.1, -0.05) is 12.1 Å². The van der Waals surface area contributed by atoms with Crippen molar-refractivity contribution in [1.29, 1.82) is 0 Å². The third kappa shape index (κ3) is 3.72. The minimum Gasteiger partial charge on any atom is -0.337 e. The molecule has 7 rings (SSSR count). The molecule has 0 aliphatic carbocycles. The first-order chi connectivity index (χ1) is 17.8. The molecule has 1 fully saturated rings. The second-order valence-corrected chi connectivity index (χ2v) is 9.28. The van der Waals surface area contributed by atoms with Crippen molar-refractivity contribution < 1.29 is 0 Å². The van der Waals surface area contributed by atoms with E-state index in [1.54, 1.807) is 12.4 Å². The Balaban J connectivity index is 1.28.